The van der Waals surface area contributed by atoms with Crippen molar-refractivity contribution in [3.63, 3.8) is 0 Å². The number of anilines is 1. The Hall–Kier alpha value is -1.85. The fourth-order valence-electron chi connectivity index (χ4n) is 1.95. The van der Waals surface area contributed by atoms with Crippen molar-refractivity contribution in [3.8, 4) is 17.1 Å². The molecule has 1 unspecified atom stereocenters. The number of hydrogen-bond donors (Lipinski definition) is 2. The zero-order valence-electron chi connectivity index (χ0n) is 12.1. The molecule has 1 heterocycles. The number of rotatable bonds is 5. The van der Waals surface area contributed by atoms with Gasteiger partial charge in [-0.3, -0.25) is 0 Å². The van der Waals surface area contributed by atoms with Crippen LogP contribution in [-0.2, 0) is 0 Å². The van der Waals surface area contributed by atoms with Crippen LogP contribution >= 0.6 is 11.6 Å². The third-order valence-electron chi connectivity index (χ3n) is 3.26. The van der Waals surface area contributed by atoms with Gasteiger partial charge >= 0.3 is 0 Å². The van der Waals surface area contributed by atoms with E-state index in [0.717, 1.165) is 12.2 Å². The van der Waals surface area contributed by atoms with E-state index in [1.54, 1.807) is 18.3 Å². The number of hydrogen-bond acceptors (Lipinski definition) is 5. The molecule has 0 saturated carbocycles. The Morgan fingerprint density at radius 1 is 1.38 bits per heavy atom. The predicted octanol–water partition coefficient (Wildman–Crippen LogP) is 2.68. The van der Waals surface area contributed by atoms with Crippen LogP contribution in [0.25, 0.3) is 11.4 Å². The van der Waals surface area contributed by atoms with Gasteiger partial charge in [-0.15, -0.1) is 0 Å². The Kier molecular flexibility index (Phi) is 4.98. The number of phenolic OH excluding ortho intramolecular Hbond substituents is 1. The average molecular weight is 307 g/mol. The molecule has 5 nitrogen and oxygen atoms in total. The molecule has 2 rings (SSSR count). The summed E-state index contributed by atoms with van der Waals surface area (Å²) in [6.07, 6.45) is 2.56. The van der Waals surface area contributed by atoms with Crippen molar-refractivity contribution < 1.29 is 5.11 Å². The molecule has 1 aromatic carbocycles. The van der Waals surface area contributed by atoms with E-state index in [2.05, 4.69) is 9.97 Å². The van der Waals surface area contributed by atoms with Gasteiger partial charge in [-0.25, -0.2) is 9.97 Å². The van der Waals surface area contributed by atoms with E-state index in [1.807, 2.05) is 24.9 Å². The van der Waals surface area contributed by atoms with E-state index in [9.17, 15) is 5.11 Å². The summed E-state index contributed by atoms with van der Waals surface area (Å²) in [6, 6.07) is 6.70. The van der Waals surface area contributed by atoms with Crippen molar-refractivity contribution >= 4 is 17.4 Å². The first kappa shape index (κ1) is 15.5. The summed E-state index contributed by atoms with van der Waals surface area (Å²) in [7, 11) is 1.93. The van der Waals surface area contributed by atoms with E-state index in [4.69, 9.17) is 17.3 Å². The van der Waals surface area contributed by atoms with E-state index in [-0.39, 0.29) is 11.8 Å². The first-order valence-electron chi connectivity index (χ1n) is 6.80. The van der Waals surface area contributed by atoms with Gasteiger partial charge in [0.1, 0.15) is 11.6 Å². The quantitative estimate of drug-likeness (QED) is 0.888. The van der Waals surface area contributed by atoms with Crippen molar-refractivity contribution in [2.75, 3.05) is 18.5 Å². The molecule has 0 spiro atoms. The lowest BCUT2D eigenvalue weighted by atomic mass is 10.2. The van der Waals surface area contributed by atoms with Crippen molar-refractivity contribution in [1.82, 2.24) is 9.97 Å². The highest BCUT2D eigenvalue weighted by Gasteiger charge is 2.12. The van der Waals surface area contributed by atoms with E-state index in [0.29, 0.717) is 23.0 Å². The minimum atomic E-state index is 0.0907. The van der Waals surface area contributed by atoms with Gasteiger partial charge in [0.05, 0.1) is 5.56 Å². The maximum atomic E-state index is 9.93. The highest BCUT2D eigenvalue weighted by Crippen LogP contribution is 2.29. The molecule has 0 amide bonds. The molecule has 112 valence electrons. The number of aromatic nitrogens is 2. The van der Waals surface area contributed by atoms with Crippen LogP contribution in [0.5, 0.6) is 5.75 Å². The third kappa shape index (κ3) is 3.83. The SMILES string of the molecule is CCC(N)CN(C)c1ccnc(-c2cc(Cl)ccc2O)n1. The fourth-order valence-corrected chi connectivity index (χ4v) is 2.13. The van der Waals surface area contributed by atoms with Gasteiger partial charge in [0.2, 0.25) is 0 Å². The second-order valence-corrected chi connectivity index (χ2v) is 5.39. The number of nitrogens with two attached hydrogens (primary N) is 1. The van der Waals surface area contributed by atoms with Crippen LogP contribution in [0.1, 0.15) is 13.3 Å². The number of aromatic hydroxyl groups is 1. The highest BCUT2D eigenvalue weighted by atomic mass is 35.5. The van der Waals surface area contributed by atoms with Crippen molar-refractivity contribution in [1.29, 1.82) is 0 Å². The normalized spacial score (nSPS) is 12.2. The summed E-state index contributed by atoms with van der Waals surface area (Å²) >= 11 is 5.96. The molecule has 0 radical (unpaired) electrons. The van der Waals surface area contributed by atoms with Crippen molar-refractivity contribution in [2.24, 2.45) is 5.73 Å². The third-order valence-corrected chi connectivity index (χ3v) is 3.50. The molecule has 1 atom stereocenters. The van der Waals surface area contributed by atoms with Crippen LogP contribution in [0.2, 0.25) is 5.02 Å². The molecule has 0 aliphatic heterocycles. The van der Waals surface area contributed by atoms with Gasteiger partial charge in [0.25, 0.3) is 0 Å². The van der Waals surface area contributed by atoms with E-state index < -0.39 is 0 Å². The maximum absolute atomic E-state index is 9.93. The summed E-state index contributed by atoms with van der Waals surface area (Å²) in [5, 5.41) is 10.5. The largest absolute Gasteiger partial charge is 0.507 e. The van der Waals surface area contributed by atoms with Gasteiger partial charge in [-0.05, 0) is 30.7 Å². The van der Waals surface area contributed by atoms with Gasteiger partial charge in [-0.2, -0.15) is 0 Å². The molecule has 6 heteroatoms. The lowest BCUT2D eigenvalue weighted by Crippen LogP contribution is -2.35. The summed E-state index contributed by atoms with van der Waals surface area (Å²) in [5.41, 5.74) is 6.47. The molecule has 1 aromatic heterocycles. The Morgan fingerprint density at radius 3 is 2.86 bits per heavy atom. The van der Waals surface area contributed by atoms with Crippen LogP contribution in [-0.4, -0.2) is 34.7 Å². The second kappa shape index (κ2) is 6.74. The average Bonchev–Trinajstić information content (AvgIpc) is 2.49. The molecule has 0 fully saturated rings. The monoisotopic (exact) mass is 306 g/mol. The van der Waals surface area contributed by atoms with Gasteiger partial charge in [0.15, 0.2) is 5.82 Å². The lowest BCUT2D eigenvalue weighted by Gasteiger charge is -2.21. The second-order valence-electron chi connectivity index (χ2n) is 4.95. The molecule has 21 heavy (non-hydrogen) atoms. The first-order chi connectivity index (χ1) is 10.0. The fraction of sp³-hybridized carbons (Fsp3) is 0.333. The molecular weight excluding hydrogens is 288 g/mol. The minimum absolute atomic E-state index is 0.0907. The number of nitrogens with zero attached hydrogens (tertiary/aromatic N) is 3. The molecule has 0 bridgehead atoms. The minimum Gasteiger partial charge on any atom is -0.507 e. The summed E-state index contributed by atoms with van der Waals surface area (Å²) in [6.45, 7) is 2.75. The number of phenols is 1. The zero-order chi connectivity index (χ0) is 15.4. The van der Waals surface area contributed by atoms with Gasteiger partial charge < -0.3 is 15.7 Å². The number of likely N-dealkylation sites (N-methyl/N-ethyl adjacent to an activating group) is 1. The molecule has 3 N–H and O–H groups in total. The van der Waals surface area contributed by atoms with Gasteiger partial charge in [-0.1, -0.05) is 18.5 Å². The Bertz CT molecular complexity index is 620. The standard InChI is InChI=1S/C15H19ClN4O/c1-3-11(17)9-20(2)14-6-7-18-15(19-14)12-8-10(16)4-5-13(12)21/h4-8,11,21H,3,9,17H2,1-2H3. The van der Waals surface area contributed by atoms with E-state index >= 15 is 0 Å². The summed E-state index contributed by atoms with van der Waals surface area (Å²) in [4.78, 5) is 10.7. The van der Waals surface area contributed by atoms with Crippen LogP contribution in [0.4, 0.5) is 5.82 Å². The van der Waals surface area contributed by atoms with Crippen LogP contribution < -0.4 is 10.6 Å². The molecule has 0 aliphatic carbocycles. The maximum Gasteiger partial charge on any atom is 0.165 e. The lowest BCUT2D eigenvalue weighted by molar-refractivity contribution is 0.477. The molecule has 2 aromatic rings. The van der Waals surface area contributed by atoms with Crippen LogP contribution in [0.15, 0.2) is 30.5 Å². The smallest absolute Gasteiger partial charge is 0.165 e. The predicted molar refractivity (Wildman–Crippen MR) is 85.7 cm³/mol. The Labute approximate surface area is 129 Å². The van der Waals surface area contributed by atoms with Crippen LogP contribution in [0.3, 0.4) is 0 Å². The summed E-state index contributed by atoms with van der Waals surface area (Å²) in [5.74, 6) is 1.29. The Balaban J connectivity index is 2.31. The Morgan fingerprint density at radius 2 is 2.14 bits per heavy atom. The number of halogens is 1. The van der Waals surface area contributed by atoms with Crippen molar-refractivity contribution in [3.05, 3.63) is 35.5 Å². The molecule has 0 saturated heterocycles. The zero-order valence-corrected chi connectivity index (χ0v) is 12.9. The molecular formula is C15H19ClN4O. The topological polar surface area (TPSA) is 75.3 Å². The first-order valence-corrected chi connectivity index (χ1v) is 7.17. The van der Waals surface area contributed by atoms with Crippen molar-refractivity contribution in [2.45, 2.75) is 19.4 Å². The van der Waals surface area contributed by atoms with E-state index in [1.165, 1.54) is 6.07 Å². The van der Waals surface area contributed by atoms with Crippen LogP contribution in [0, 0.1) is 0 Å². The molecule has 0 aliphatic rings. The van der Waals surface area contributed by atoms with Gasteiger partial charge in [0, 0.05) is 30.9 Å². The highest BCUT2D eigenvalue weighted by molar-refractivity contribution is 6.30. The number of benzene rings is 1. The summed E-state index contributed by atoms with van der Waals surface area (Å²) < 4.78 is 0.